The summed E-state index contributed by atoms with van der Waals surface area (Å²) >= 11 is 5.88. The van der Waals surface area contributed by atoms with Crippen molar-refractivity contribution < 1.29 is 0 Å². The van der Waals surface area contributed by atoms with E-state index in [0.717, 1.165) is 5.02 Å². The number of hydrogen-bond acceptors (Lipinski definition) is 1. The molecule has 0 atom stereocenters. The van der Waals surface area contributed by atoms with Crippen molar-refractivity contribution in [2.75, 3.05) is 13.1 Å². The van der Waals surface area contributed by atoms with Crippen LogP contribution in [0.2, 0.25) is 5.02 Å². The zero-order valence-corrected chi connectivity index (χ0v) is 9.98. The van der Waals surface area contributed by atoms with Crippen LogP contribution in [0.15, 0.2) is 24.3 Å². The van der Waals surface area contributed by atoms with E-state index in [1.54, 1.807) is 0 Å². The summed E-state index contributed by atoms with van der Waals surface area (Å²) in [6.07, 6.45) is 3.78. The highest BCUT2D eigenvalue weighted by molar-refractivity contribution is 6.30. The molecule has 82 valence electrons. The molecule has 1 nitrogen and oxygen atoms in total. The summed E-state index contributed by atoms with van der Waals surface area (Å²) < 4.78 is 0. The van der Waals surface area contributed by atoms with Crippen LogP contribution >= 0.6 is 11.6 Å². The summed E-state index contributed by atoms with van der Waals surface area (Å²) in [4.78, 5) is 0. The fraction of sp³-hybridized carbons (Fsp3) is 0.538. The lowest BCUT2D eigenvalue weighted by molar-refractivity contribution is 0.151. The van der Waals surface area contributed by atoms with Gasteiger partial charge in [0, 0.05) is 18.1 Å². The molecule has 1 fully saturated rings. The maximum atomic E-state index is 5.88. The lowest BCUT2D eigenvalue weighted by atomic mass is 9.73. The number of benzene rings is 1. The van der Waals surface area contributed by atoms with Gasteiger partial charge in [0.25, 0.3) is 0 Å². The molecule has 1 aliphatic heterocycles. The van der Waals surface area contributed by atoms with Gasteiger partial charge in [-0.2, -0.15) is 0 Å². The zero-order chi connectivity index (χ0) is 10.7. The first-order valence-electron chi connectivity index (χ1n) is 5.69. The van der Waals surface area contributed by atoms with Gasteiger partial charge in [-0.25, -0.2) is 0 Å². The average Bonchev–Trinajstić information content (AvgIpc) is 2.18. The molecule has 0 saturated carbocycles. The molecule has 0 unspecified atom stereocenters. The Labute approximate surface area is 96.8 Å². The Balaban J connectivity index is 2.03. The molecule has 0 aromatic heterocycles. The zero-order valence-electron chi connectivity index (χ0n) is 9.22. The Bertz CT molecular complexity index is 314. The third-order valence-electron chi connectivity index (χ3n) is 3.27. The SMILES string of the molecule is CCCC1(Cc2ccc(Cl)cc2)CNC1. The van der Waals surface area contributed by atoms with Gasteiger partial charge >= 0.3 is 0 Å². The van der Waals surface area contributed by atoms with Crippen molar-refractivity contribution in [2.24, 2.45) is 5.41 Å². The molecule has 1 aromatic rings. The molecule has 15 heavy (non-hydrogen) atoms. The molecule has 1 aromatic carbocycles. The predicted molar refractivity (Wildman–Crippen MR) is 65.4 cm³/mol. The van der Waals surface area contributed by atoms with Crippen molar-refractivity contribution in [1.29, 1.82) is 0 Å². The van der Waals surface area contributed by atoms with Crippen LogP contribution in [0, 0.1) is 5.41 Å². The normalized spacial score (nSPS) is 18.5. The van der Waals surface area contributed by atoms with E-state index in [2.05, 4.69) is 24.4 Å². The van der Waals surface area contributed by atoms with Crippen molar-refractivity contribution >= 4 is 11.6 Å². The molecule has 1 N–H and O–H groups in total. The summed E-state index contributed by atoms with van der Waals surface area (Å²) in [7, 11) is 0. The van der Waals surface area contributed by atoms with Gasteiger partial charge in [0.15, 0.2) is 0 Å². The second-order valence-electron chi connectivity index (χ2n) is 4.66. The van der Waals surface area contributed by atoms with Crippen LogP contribution < -0.4 is 5.32 Å². The number of halogens is 1. The van der Waals surface area contributed by atoms with Crippen LogP contribution in [-0.4, -0.2) is 13.1 Å². The first kappa shape index (κ1) is 11.0. The minimum atomic E-state index is 0.516. The molecule has 0 spiro atoms. The molecule has 0 amide bonds. The largest absolute Gasteiger partial charge is 0.316 e. The minimum absolute atomic E-state index is 0.516. The Kier molecular flexibility index (Phi) is 3.32. The molecule has 1 saturated heterocycles. The van der Waals surface area contributed by atoms with Crippen molar-refractivity contribution in [2.45, 2.75) is 26.2 Å². The third-order valence-corrected chi connectivity index (χ3v) is 3.52. The molecular weight excluding hydrogens is 206 g/mol. The van der Waals surface area contributed by atoms with Gasteiger partial charge in [-0.05, 0) is 36.0 Å². The Morgan fingerprint density at radius 2 is 1.93 bits per heavy atom. The minimum Gasteiger partial charge on any atom is -0.316 e. The van der Waals surface area contributed by atoms with E-state index in [0.29, 0.717) is 5.41 Å². The van der Waals surface area contributed by atoms with Crippen LogP contribution in [0.25, 0.3) is 0 Å². The summed E-state index contributed by atoms with van der Waals surface area (Å²) in [6.45, 7) is 4.61. The second-order valence-corrected chi connectivity index (χ2v) is 5.09. The van der Waals surface area contributed by atoms with Crippen LogP contribution in [0.5, 0.6) is 0 Å². The lowest BCUT2D eigenvalue weighted by Crippen LogP contribution is -2.54. The van der Waals surface area contributed by atoms with E-state index < -0.39 is 0 Å². The number of nitrogens with one attached hydrogen (secondary N) is 1. The molecule has 0 aliphatic carbocycles. The van der Waals surface area contributed by atoms with E-state index in [4.69, 9.17) is 11.6 Å². The van der Waals surface area contributed by atoms with Gasteiger partial charge in [-0.1, -0.05) is 37.1 Å². The molecular formula is C13H18ClN. The van der Waals surface area contributed by atoms with Crippen LogP contribution in [0.1, 0.15) is 25.3 Å². The predicted octanol–water partition coefficient (Wildman–Crippen LogP) is 3.27. The number of rotatable bonds is 4. The molecule has 2 heteroatoms. The van der Waals surface area contributed by atoms with Crippen LogP contribution in [0.3, 0.4) is 0 Å². The van der Waals surface area contributed by atoms with Crippen LogP contribution in [0.4, 0.5) is 0 Å². The van der Waals surface area contributed by atoms with E-state index in [9.17, 15) is 0 Å². The Morgan fingerprint density at radius 3 is 2.40 bits per heavy atom. The van der Waals surface area contributed by atoms with Gasteiger partial charge in [0.1, 0.15) is 0 Å². The second kappa shape index (κ2) is 4.54. The standard InChI is InChI=1S/C13H18ClN/c1-2-7-13(9-15-10-13)8-11-3-5-12(14)6-4-11/h3-6,15H,2,7-10H2,1H3. The van der Waals surface area contributed by atoms with Crippen molar-refractivity contribution in [1.82, 2.24) is 5.32 Å². The van der Waals surface area contributed by atoms with E-state index in [-0.39, 0.29) is 0 Å². The molecule has 1 heterocycles. The van der Waals surface area contributed by atoms with Gasteiger partial charge in [0.05, 0.1) is 0 Å². The number of hydrogen-bond donors (Lipinski definition) is 1. The quantitative estimate of drug-likeness (QED) is 0.826. The van der Waals surface area contributed by atoms with Crippen molar-refractivity contribution in [3.63, 3.8) is 0 Å². The maximum absolute atomic E-state index is 5.88. The topological polar surface area (TPSA) is 12.0 Å². The van der Waals surface area contributed by atoms with E-state index in [1.807, 2.05) is 12.1 Å². The van der Waals surface area contributed by atoms with Crippen LogP contribution in [-0.2, 0) is 6.42 Å². The first-order valence-corrected chi connectivity index (χ1v) is 6.07. The van der Waals surface area contributed by atoms with Gasteiger partial charge in [-0.3, -0.25) is 0 Å². The highest BCUT2D eigenvalue weighted by Gasteiger charge is 2.35. The monoisotopic (exact) mass is 223 g/mol. The first-order chi connectivity index (χ1) is 7.24. The van der Waals surface area contributed by atoms with Crippen molar-refractivity contribution in [3.8, 4) is 0 Å². The molecule has 0 radical (unpaired) electrons. The lowest BCUT2D eigenvalue weighted by Gasteiger charge is -2.43. The summed E-state index contributed by atoms with van der Waals surface area (Å²) in [5.41, 5.74) is 1.93. The summed E-state index contributed by atoms with van der Waals surface area (Å²) in [5, 5.41) is 4.22. The molecule has 1 aliphatic rings. The Hall–Kier alpha value is -0.530. The maximum Gasteiger partial charge on any atom is 0.0406 e. The fourth-order valence-electron chi connectivity index (χ4n) is 2.43. The molecule has 2 rings (SSSR count). The summed E-state index contributed by atoms with van der Waals surface area (Å²) in [5.74, 6) is 0. The third kappa shape index (κ3) is 2.53. The van der Waals surface area contributed by atoms with Gasteiger partial charge in [-0.15, -0.1) is 0 Å². The average molecular weight is 224 g/mol. The highest BCUT2D eigenvalue weighted by atomic mass is 35.5. The van der Waals surface area contributed by atoms with E-state index in [1.165, 1.54) is 37.9 Å². The van der Waals surface area contributed by atoms with Crippen molar-refractivity contribution in [3.05, 3.63) is 34.9 Å². The Morgan fingerprint density at radius 1 is 1.27 bits per heavy atom. The highest BCUT2D eigenvalue weighted by Crippen LogP contribution is 2.32. The molecule has 0 bridgehead atoms. The smallest absolute Gasteiger partial charge is 0.0406 e. The fourth-order valence-corrected chi connectivity index (χ4v) is 2.56. The summed E-state index contributed by atoms with van der Waals surface area (Å²) in [6, 6.07) is 8.28. The van der Waals surface area contributed by atoms with E-state index >= 15 is 0 Å². The van der Waals surface area contributed by atoms with Gasteiger partial charge in [0.2, 0.25) is 0 Å². The van der Waals surface area contributed by atoms with Gasteiger partial charge < -0.3 is 5.32 Å².